The van der Waals surface area contributed by atoms with Crippen molar-refractivity contribution in [3.05, 3.63) is 34.9 Å². The first-order valence-electron chi connectivity index (χ1n) is 7.63. The van der Waals surface area contributed by atoms with Crippen LogP contribution in [-0.4, -0.2) is 37.5 Å². The number of amides is 1. The molecule has 1 heterocycles. The second kappa shape index (κ2) is 8.40. The highest BCUT2D eigenvalue weighted by Crippen LogP contribution is 2.23. The molecule has 0 bridgehead atoms. The van der Waals surface area contributed by atoms with Gasteiger partial charge in [0.15, 0.2) is 0 Å². The average molecular weight is 311 g/mol. The number of hydrogen-bond acceptors (Lipinski definition) is 2. The summed E-state index contributed by atoms with van der Waals surface area (Å²) in [5.41, 5.74) is 3.19. The number of likely N-dealkylation sites (tertiary alicyclic amines) is 1. The van der Waals surface area contributed by atoms with E-state index in [2.05, 4.69) is 18.3 Å². The smallest absolute Gasteiger partial charge is 0.254 e. The average Bonchev–Trinajstić information content (AvgIpc) is 2.48. The number of hydrogen-bond donors (Lipinski definition) is 1. The number of halogens is 1. The fraction of sp³-hybridized carbons (Fsp3) is 0.588. The number of nitrogens with zero attached hydrogens (tertiary/aromatic N) is 1. The number of carbonyl (C=O) groups excluding carboxylic acids is 1. The SMILES string of the molecule is CNCCC1CCN(C(=O)c2cccc(C)c2C)CC1.Cl. The Hall–Kier alpha value is -1.06. The van der Waals surface area contributed by atoms with Crippen LogP contribution in [-0.2, 0) is 0 Å². The molecule has 1 saturated heterocycles. The molecular weight excluding hydrogens is 284 g/mol. The van der Waals surface area contributed by atoms with E-state index in [-0.39, 0.29) is 18.3 Å². The third-order valence-corrected chi connectivity index (χ3v) is 4.54. The fourth-order valence-corrected chi connectivity index (χ4v) is 2.93. The molecule has 0 aliphatic carbocycles. The van der Waals surface area contributed by atoms with Gasteiger partial charge in [-0.2, -0.15) is 0 Å². The number of carbonyl (C=O) groups is 1. The zero-order valence-corrected chi connectivity index (χ0v) is 14.1. The van der Waals surface area contributed by atoms with Gasteiger partial charge in [0.25, 0.3) is 5.91 Å². The molecule has 21 heavy (non-hydrogen) atoms. The van der Waals surface area contributed by atoms with Crippen molar-refractivity contribution in [2.24, 2.45) is 5.92 Å². The Morgan fingerprint density at radius 2 is 1.95 bits per heavy atom. The van der Waals surface area contributed by atoms with Crippen LogP contribution in [0.4, 0.5) is 0 Å². The summed E-state index contributed by atoms with van der Waals surface area (Å²) < 4.78 is 0. The molecule has 1 aliphatic heterocycles. The minimum absolute atomic E-state index is 0. The first-order chi connectivity index (χ1) is 9.63. The molecule has 4 heteroatoms. The van der Waals surface area contributed by atoms with Crippen LogP contribution in [0, 0.1) is 19.8 Å². The van der Waals surface area contributed by atoms with Gasteiger partial charge in [0, 0.05) is 18.7 Å². The zero-order valence-electron chi connectivity index (χ0n) is 13.3. The summed E-state index contributed by atoms with van der Waals surface area (Å²) in [5, 5.41) is 3.21. The molecule has 1 fully saturated rings. The zero-order chi connectivity index (χ0) is 14.5. The largest absolute Gasteiger partial charge is 0.339 e. The van der Waals surface area contributed by atoms with Gasteiger partial charge in [0.05, 0.1) is 0 Å². The third-order valence-electron chi connectivity index (χ3n) is 4.54. The molecule has 0 spiro atoms. The van der Waals surface area contributed by atoms with Gasteiger partial charge in [-0.05, 0) is 69.8 Å². The highest BCUT2D eigenvalue weighted by molar-refractivity contribution is 5.96. The third kappa shape index (κ3) is 4.45. The van der Waals surface area contributed by atoms with Crippen molar-refractivity contribution in [3.8, 4) is 0 Å². The van der Waals surface area contributed by atoms with E-state index < -0.39 is 0 Å². The predicted molar refractivity (Wildman–Crippen MR) is 90.3 cm³/mol. The molecule has 0 atom stereocenters. The Labute approximate surface area is 134 Å². The number of nitrogens with one attached hydrogen (secondary N) is 1. The van der Waals surface area contributed by atoms with Crippen LogP contribution >= 0.6 is 12.4 Å². The van der Waals surface area contributed by atoms with Gasteiger partial charge < -0.3 is 10.2 Å². The van der Waals surface area contributed by atoms with E-state index in [1.807, 2.05) is 31.0 Å². The van der Waals surface area contributed by atoms with E-state index in [4.69, 9.17) is 0 Å². The van der Waals surface area contributed by atoms with Gasteiger partial charge in [-0.1, -0.05) is 12.1 Å². The molecule has 2 rings (SSSR count). The van der Waals surface area contributed by atoms with E-state index >= 15 is 0 Å². The Morgan fingerprint density at radius 3 is 2.57 bits per heavy atom. The lowest BCUT2D eigenvalue weighted by atomic mass is 9.92. The van der Waals surface area contributed by atoms with Gasteiger partial charge in [-0.15, -0.1) is 12.4 Å². The van der Waals surface area contributed by atoms with Gasteiger partial charge >= 0.3 is 0 Å². The van der Waals surface area contributed by atoms with Crippen molar-refractivity contribution in [1.29, 1.82) is 0 Å². The monoisotopic (exact) mass is 310 g/mol. The van der Waals surface area contributed by atoms with Crippen LogP contribution < -0.4 is 5.32 Å². The summed E-state index contributed by atoms with van der Waals surface area (Å²) in [6.07, 6.45) is 3.50. The summed E-state index contributed by atoms with van der Waals surface area (Å²) in [6.45, 7) is 7.00. The molecule has 1 aliphatic rings. The minimum Gasteiger partial charge on any atom is -0.339 e. The molecular formula is C17H27ClN2O. The number of rotatable bonds is 4. The van der Waals surface area contributed by atoms with Crippen LogP contribution in [0.5, 0.6) is 0 Å². The van der Waals surface area contributed by atoms with Crippen LogP contribution in [0.25, 0.3) is 0 Å². The standard InChI is InChI=1S/C17H26N2O.ClH/c1-13-5-4-6-16(14(13)2)17(20)19-11-8-15(9-12-19)7-10-18-3;/h4-6,15,18H,7-12H2,1-3H3;1H. The van der Waals surface area contributed by atoms with Crippen molar-refractivity contribution in [2.75, 3.05) is 26.7 Å². The Bertz CT molecular complexity index is 468. The van der Waals surface area contributed by atoms with Crippen molar-refractivity contribution in [3.63, 3.8) is 0 Å². The topological polar surface area (TPSA) is 32.3 Å². The van der Waals surface area contributed by atoms with E-state index in [0.29, 0.717) is 0 Å². The van der Waals surface area contributed by atoms with Gasteiger partial charge in [0.2, 0.25) is 0 Å². The van der Waals surface area contributed by atoms with Crippen molar-refractivity contribution < 1.29 is 4.79 Å². The quantitative estimate of drug-likeness (QED) is 0.926. The second-order valence-corrected chi connectivity index (χ2v) is 5.88. The van der Waals surface area contributed by atoms with E-state index in [0.717, 1.165) is 49.5 Å². The lowest BCUT2D eigenvalue weighted by Gasteiger charge is -2.32. The molecule has 0 unspecified atom stereocenters. The second-order valence-electron chi connectivity index (χ2n) is 5.88. The van der Waals surface area contributed by atoms with Crippen LogP contribution in [0.1, 0.15) is 40.7 Å². The Kier molecular flexibility index (Phi) is 7.20. The van der Waals surface area contributed by atoms with Gasteiger partial charge in [-0.3, -0.25) is 4.79 Å². The summed E-state index contributed by atoms with van der Waals surface area (Å²) in [6, 6.07) is 6.00. The summed E-state index contributed by atoms with van der Waals surface area (Å²) in [4.78, 5) is 14.6. The maximum atomic E-state index is 12.6. The molecule has 0 aromatic heterocycles. The van der Waals surface area contributed by atoms with Crippen molar-refractivity contribution in [2.45, 2.75) is 33.1 Å². The highest BCUT2D eigenvalue weighted by atomic mass is 35.5. The number of piperidine rings is 1. The maximum absolute atomic E-state index is 12.6. The molecule has 1 aromatic carbocycles. The van der Waals surface area contributed by atoms with E-state index in [9.17, 15) is 4.79 Å². The Morgan fingerprint density at radius 1 is 1.29 bits per heavy atom. The maximum Gasteiger partial charge on any atom is 0.254 e. The molecule has 0 radical (unpaired) electrons. The first-order valence-corrected chi connectivity index (χ1v) is 7.63. The van der Waals surface area contributed by atoms with Crippen LogP contribution in [0.15, 0.2) is 18.2 Å². The summed E-state index contributed by atoms with van der Waals surface area (Å²) in [7, 11) is 2.00. The normalized spacial score (nSPS) is 15.7. The van der Waals surface area contributed by atoms with Crippen LogP contribution in [0.3, 0.4) is 0 Å². The molecule has 1 N–H and O–H groups in total. The number of benzene rings is 1. The van der Waals surface area contributed by atoms with E-state index in [1.165, 1.54) is 12.0 Å². The van der Waals surface area contributed by atoms with Crippen molar-refractivity contribution in [1.82, 2.24) is 10.2 Å². The molecule has 1 aromatic rings. The first kappa shape index (κ1) is 18.0. The summed E-state index contributed by atoms with van der Waals surface area (Å²) >= 11 is 0. The van der Waals surface area contributed by atoms with Crippen LogP contribution in [0.2, 0.25) is 0 Å². The Balaban J connectivity index is 0.00000220. The minimum atomic E-state index is 0. The molecule has 118 valence electrons. The highest BCUT2D eigenvalue weighted by Gasteiger charge is 2.24. The lowest BCUT2D eigenvalue weighted by molar-refractivity contribution is 0.0686. The predicted octanol–water partition coefficient (Wildman–Crippen LogP) is 3.19. The molecule has 3 nitrogen and oxygen atoms in total. The van der Waals surface area contributed by atoms with Crippen molar-refractivity contribution >= 4 is 18.3 Å². The summed E-state index contributed by atoms with van der Waals surface area (Å²) in [5.74, 6) is 0.975. The van der Waals surface area contributed by atoms with Gasteiger partial charge in [-0.25, -0.2) is 0 Å². The number of aryl methyl sites for hydroxylation is 1. The van der Waals surface area contributed by atoms with Gasteiger partial charge in [0.1, 0.15) is 0 Å². The molecule has 0 saturated carbocycles. The molecule has 1 amide bonds. The lowest BCUT2D eigenvalue weighted by Crippen LogP contribution is -2.39. The van der Waals surface area contributed by atoms with E-state index in [1.54, 1.807) is 0 Å². The fourth-order valence-electron chi connectivity index (χ4n) is 2.93.